The van der Waals surface area contributed by atoms with Gasteiger partial charge in [-0.2, -0.15) is 8.42 Å². The van der Waals surface area contributed by atoms with Gasteiger partial charge in [0, 0.05) is 0 Å². The molecular weight excluding hydrogens is 633 g/mol. The van der Waals surface area contributed by atoms with Crippen LogP contribution in [0.1, 0.15) is 89.8 Å². The van der Waals surface area contributed by atoms with Crippen LogP contribution in [0.25, 0.3) is 0 Å². The Kier molecular flexibility index (Phi) is 28.8. The van der Waals surface area contributed by atoms with Crippen LogP contribution in [-0.4, -0.2) is 97.4 Å². The molecule has 3 unspecified atom stereocenters. The topological polar surface area (TPSA) is 127 Å². The summed E-state index contributed by atoms with van der Waals surface area (Å²) < 4.78 is 42.8. The summed E-state index contributed by atoms with van der Waals surface area (Å²) in [5, 5.41) is 6.69. The van der Waals surface area contributed by atoms with Gasteiger partial charge in [-0.1, -0.05) is 84.4 Å². The van der Waals surface area contributed by atoms with Crippen LogP contribution in [0, 0.1) is 11.8 Å². The number of hydrogen-bond acceptors (Lipinski definition) is 7. The Hall–Kier alpha value is 0.441. The molecule has 1 aromatic carbocycles. The second kappa shape index (κ2) is 25.4. The van der Waals surface area contributed by atoms with E-state index in [-0.39, 0.29) is 108 Å². The Morgan fingerprint density at radius 1 is 0.892 bits per heavy atom. The van der Waals surface area contributed by atoms with Crippen molar-refractivity contribution in [3.05, 3.63) is 30.3 Å². The molecule has 1 rings (SSSR count). The largest absolute Gasteiger partial charge is 2.00 e. The molecule has 8 nitrogen and oxygen atoms in total. The zero-order valence-corrected chi connectivity index (χ0v) is 30.6. The van der Waals surface area contributed by atoms with Crippen molar-refractivity contribution in [2.45, 2.75) is 90.7 Å². The van der Waals surface area contributed by atoms with E-state index in [1.165, 1.54) is 0 Å². The Balaban J connectivity index is -0.000000209. The summed E-state index contributed by atoms with van der Waals surface area (Å²) in [6.07, 6.45) is 6.74. The number of ether oxygens (including phenoxy) is 2. The number of carbonyl (C=O) groups excluding carboxylic acids is 2. The predicted octanol–water partition coefficient (Wildman–Crippen LogP) is 2.51. The SMILES string of the molecule is CCCCC(CC)COC(=O)CC(C(=O)OCC(CC)CCCC)S(=O)(=O)O.Oc1ccccc1.[Ba+2].[H-].[H-].[H-].[Na+]. The van der Waals surface area contributed by atoms with Crippen LogP contribution in [-0.2, 0) is 29.2 Å². The maximum absolute atomic E-state index is 12.2. The van der Waals surface area contributed by atoms with Gasteiger partial charge < -0.3 is 18.9 Å². The molecule has 3 atom stereocenters. The van der Waals surface area contributed by atoms with Gasteiger partial charge in [-0.05, 0) is 36.8 Å². The van der Waals surface area contributed by atoms with Crippen molar-refractivity contribution in [2.75, 3.05) is 13.2 Å². The summed E-state index contributed by atoms with van der Waals surface area (Å²) in [6.45, 7) is 8.35. The van der Waals surface area contributed by atoms with Crippen LogP contribution < -0.4 is 29.6 Å². The molecule has 0 radical (unpaired) electrons. The van der Waals surface area contributed by atoms with Crippen molar-refractivity contribution in [3.63, 3.8) is 0 Å². The van der Waals surface area contributed by atoms with Gasteiger partial charge in [-0.25, -0.2) is 0 Å². The van der Waals surface area contributed by atoms with Crippen molar-refractivity contribution in [1.82, 2.24) is 0 Å². The van der Waals surface area contributed by atoms with E-state index in [0.29, 0.717) is 5.75 Å². The molecule has 0 saturated heterocycles. The van der Waals surface area contributed by atoms with Crippen molar-refractivity contribution in [1.29, 1.82) is 0 Å². The first kappa shape index (κ1) is 41.9. The van der Waals surface area contributed by atoms with E-state index in [9.17, 15) is 22.6 Å². The summed E-state index contributed by atoms with van der Waals surface area (Å²) in [5.41, 5.74) is 0. The van der Waals surface area contributed by atoms with E-state index >= 15 is 0 Å². The zero-order chi connectivity index (χ0) is 26.7. The molecule has 0 aliphatic rings. The minimum atomic E-state index is -4.76. The van der Waals surface area contributed by atoms with Crippen LogP contribution in [0.2, 0.25) is 0 Å². The molecule has 0 saturated carbocycles. The molecular formula is C26H47BaNaO8S. The number of aromatic hydroxyl groups is 1. The molecule has 0 heterocycles. The maximum Gasteiger partial charge on any atom is 2.00 e. The fourth-order valence-corrected chi connectivity index (χ4v) is 3.91. The molecule has 37 heavy (non-hydrogen) atoms. The first-order chi connectivity index (χ1) is 16.6. The molecule has 11 heteroatoms. The summed E-state index contributed by atoms with van der Waals surface area (Å²) in [7, 11) is -4.76. The average Bonchev–Trinajstić information content (AvgIpc) is 2.82. The monoisotopic (exact) mass is 680 g/mol. The molecule has 0 aromatic heterocycles. The van der Waals surface area contributed by atoms with Gasteiger partial charge >= 0.3 is 90.4 Å². The number of phenolic OH excluding ortho intramolecular Hbond substituents is 1. The number of phenols is 1. The maximum atomic E-state index is 12.2. The Morgan fingerprint density at radius 3 is 1.70 bits per heavy atom. The third kappa shape index (κ3) is 21.9. The minimum Gasteiger partial charge on any atom is -1.00 e. The molecule has 0 bridgehead atoms. The Bertz CT molecular complexity index is 823. The first-order valence-electron chi connectivity index (χ1n) is 12.6. The van der Waals surface area contributed by atoms with Crippen molar-refractivity contribution in [3.8, 4) is 5.75 Å². The number of unbranched alkanes of at least 4 members (excludes halogenated alkanes) is 2. The summed E-state index contributed by atoms with van der Waals surface area (Å²) in [5.74, 6) is -1.28. The van der Waals surface area contributed by atoms with Gasteiger partial charge in [-0.15, -0.1) is 0 Å². The van der Waals surface area contributed by atoms with Gasteiger partial charge in [0.1, 0.15) is 5.75 Å². The van der Waals surface area contributed by atoms with Crippen molar-refractivity contribution < 1.29 is 71.0 Å². The van der Waals surface area contributed by atoms with E-state index in [4.69, 9.17) is 14.6 Å². The Morgan fingerprint density at radius 2 is 1.35 bits per heavy atom. The third-order valence-corrected chi connectivity index (χ3v) is 6.84. The number of rotatable bonds is 16. The second-order valence-electron chi connectivity index (χ2n) is 8.69. The molecule has 0 aliphatic carbocycles. The van der Waals surface area contributed by atoms with Crippen LogP contribution in [0.15, 0.2) is 30.3 Å². The average molecular weight is 680 g/mol. The molecule has 208 valence electrons. The molecule has 0 spiro atoms. The van der Waals surface area contributed by atoms with Gasteiger partial charge in [0.05, 0.1) is 19.6 Å². The van der Waals surface area contributed by atoms with Crippen molar-refractivity contribution >= 4 is 70.9 Å². The van der Waals surface area contributed by atoms with Gasteiger partial charge in [0.2, 0.25) is 0 Å². The summed E-state index contributed by atoms with van der Waals surface area (Å²) in [4.78, 5) is 24.2. The molecule has 0 amide bonds. The van der Waals surface area contributed by atoms with Gasteiger partial charge in [0.15, 0.2) is 5.25 Å². The number of carbonyl (C=O) groups is 2. The second-order valence-corrected chi connectivity index (χ2v) is 10.3. The van der Waals surface area contributed by atoms with Crippen molar-refractivity contribution in [2.24, 2.45) is 11.8 Å². The number of para-hydroxylation sites is 1. The summed E-state index contributed by atoms with van der Waals surface area (Å²) >= 11 is 0. The standard InChI is InChI=1S/C20H38O7S.C6H6O.Ba.Na.3H/c1-5-9-11-16(7-3)14-26-19(21)13-18(28(23,24)25)20(22)27-15-17(8-4)12-10-6-2;7-6-4-2-1-3-5-6;;;;;/h16-18H,5-15H2,1-4H3,(H,23,24,25);1-5,7H;;;;;/q;;+2;+1;3*-1. The van der Waals surface area contributed by atoms with E-state index < -0.39 is 33.7 Å². The fraction of sp³-hybridized carbons (Fsp3) is 0.692. The fourth-order valence-electron chi connectivity index (χ4n) is 3.25. The molecule has 2 N–H and O–H groups in total. The van der Waals surface area contributed by atoms with Crippen LogP contribution >= 0.6 is 0 Å². The van der Waals surface area contributed by atoms with Gasteiger partial charge in [0.25, 0.3) is 10.1 Å². The quantitative estimate of drug-likeness (QED) is 0.155. The third-order valence-electron chi connectivity index (χ3n) is 5.76. The molecule has 1 aromatic rings. The van der Waals surface area contributed by atoms with Gasteiger partial charge in [-0.3, -0.25) is 14.1 Å². The molecule has 0 fully saturated rings. The number of hydrogen-bond donors (Lipinski definition) is 2. The molecule has 0 aliphatic heterocycles. The van der Waals surface area contributed by atoms with E-state index in [2.05, 4.69) is 13.8 Å². The van der Waals surface area contributed by atoms with E-state index in [0.717, 1.165) is 51.4 Å². The number of benzene rings is 1. The van der Waals surface area contributed by atoms with E-state index in [1.54, 1.807) is 24.3 Å². The smallest absolute Gasteiger partial charge is 1.00 e. The summed E-state index contributed by atoms with van der Waals surface area (Å²) in [6, 6.07) is 8.71. The predicted molar refractivity (Wildman–Crippen MR) is 146 cm³/mol. The zero-order valence-electron chi connectivity index (χ0n) is 26.4. The van der Waals surface area contributed by atoms with Crippen LogP contribution in [0.4, 0.5) is 0 Å². The van der Waals surface area contributed by atoms with Crippen LogP contribution in [0.3, 0.4) is 0 Å². The normalized spacial score (nSPS) is 12.9. The minimum absolute atomic E-state index is 0. The first-order valence-corrected chi connectivity index (χ1v) is 14.1. The Labute approximate surface area is 290 Å². The van der Waals surface area contributed by atoms with Crippen LogP contribution in [0.5, 0.6) is 5.75 Å². The number of esters is 2. The van der Waals surface area contributed by atoms with E-state index in [1.807, 2.05) is 19.9 Å².